The quantitative estimate of drug-likeness (QED) is 0.794. The molecule has 90 valence electrons. The third-order valence-corrected chi connectivity index (χ3v) is 2.70. The Labute approximate surface area is 110 Å². The summed E-state index contributed by atoms with van der Waals surface area (Å²) in [5, 5.41) is 0.545. The molecule has 0 aliphatic carbocycles. The number of amides is 2. The van der Waals surface area contributed by atoms with Crippen molar-refractivity contribution in [2.75, 3.05) is 4.90 Å². The van der Waals surface area contributed by atoms with Gasteiger partial charge in [0.15, 0.2) is 0 Å². The first kappa shape index (κ1) is 12.3. The zero-order valence-corrected chi connectivity index (χ0v) is 10.2. The average Bonchev–Trinajstić information content (AvgIpc) is 2.41. The molecular formula is C14H10ClNO2. The Morgan fingerprint density at radius 1 is 1.00 bits per heavy atom. The van der Waals surface area contributed by atoms with E-state index in [0.29, 0.717) is 22.7 Å². The standard InChI is InChI=1S/C14H10ClNO2/c15-12-8-6-11(7-9-12)14(18)16(10-17)13-4-2-1-3-5-13/h1-10H. The van der Waals surface area contributed by atoms with Crippen LogP contribution in [0.1, 0.15) is 10.4 Å². The van der Waals surface area contributed by atoms with Gasteiger partial charge in [0, 0.05) is 10.6 Å². The number of carbonyl (C=O) groups excluding carboxylic acids is 2. The highest BCUT2D eigenvalue weighted by atomic mass is 35.5. The monoisotopic (exact) mass is 259 g/mol. The topological polar surface area (TPSA) is 37.4 Å². The van der Waals surface area contributed by atoms with Gasteiger partial charge >= 0.3 is 0 Å². The van der Waals surface area contributed by atoms with E-state index in [2.05, 4.69) is 0 Å². The molecule has 0 N–H and O–H groups in total. The van der Waals surface area contributed by atoms with E-state index in [1.54, 1.807) is 48.5 Å². The average molecular weight is 260 g/mol. The molecule has 3 nitrogen and oxygen atoms in total. The van der Waals surface area contributed by atoms with Crippen LogP contribution in [0.3, 0.4) is 0 Å². The summed E-state index contributed by atoms with van der Waals surface area (Å²) in [5.74, 6) is -0.382. The summed E-state index contributed by atoms with van der Waals surface area (Å²) in [4.78, 5) is 24.3. The van der Waals surface area contributed by atoms with Crippen molar-refractivity contribution in [2.45, 2.75) is 0 Å². The van der Waals surface area contributed by atoms with E-state index in [4.69, 9.17) is 11.6 Å². The molecule has 0 saturated heterocycles. The Hall–Kier alpha value is -2.13. The number of para-hydroxylation sites is 1. The van der Waals surface area contributed by atoms with Gasteiger partial charge in [-0.2, -0.15) is 0 Å². The molecule has 0 spiro atoms. The molecule has 0 atom stereocenters. The predicted octanol–water partition coefficient (Wildman–Crippen LogP) is 3.14. The maximum Gasteiger partial charge on any atom is 0.264 e. The van der Waals surface area contributed by atoms with Crippen LogP contribution in [0.15, 0.2) is 54.6 Å². The molecule has 4 heteroatoms. The van der Waals surface area contributed by atoms with Crippen molar-refractivity contribution < 1.29 is 9.59 Å². The van der Waals surface area contributed by atoms with Gasteiger partial charge < -0.3 is 0 Å². The predicted molar refractivity (Wildman–Crippen MR) is 70.8 cm³/mol. The third-order valence-electron chi connectivity index (χ3n) is 2.45. The van der Waals surface area contributed by atoms with Crippen molar-refractivity contribution in [3.05, 3.63) is 65.2 Å². The molecule has 2 aromatic rings. The fourth-order valence-electron chi connectivity index (χ4n) is 1.55. The van der Waals surface area contributed by atoms with Crippen molar-refractivity contribution in [1.82, 2.24) is 0 Å². The molecule has 0 aliphatic heterocycles. The van der Waals surface area contributed by atoms with Gasteiger partial charge in [0.2, 0.25) is 6.41 Å². The lowest BCUT2D eigenvalue weighted by atomic mass is 10.2. The molecule has 2 amide bonds. The number of hydrogen-bond donors (Lipinski definition) is 0. The van der Waals surface area contributed by atoms with Gasteiger partial charge in [-0.15, -0.1) is 0 Å². The van der Waals surface area contributed by atoms with Gasteiger partial charge in [0.25, 0.3) is 5.91 Å². The van der Waals surface area contributed by atoms with Crippen molar-refractivity contribution in [1.29, 1.82) is 0 Å². The lowest BCUT2D eigenvalue weighted by Crippen LogP contribution is -2.29. The maximum atomic E-state index is 12.1. The van der Waals surface area contributed by atoms with Crippen molar-refractivity contribution in [2.24, 2.45) is 0 Å². The highest BCUT2D eigenvalue weighted by Crippen LogP contribution is 2.16. The van der Waals surface area contributed by atoms with Gasteiger partial charge in [-0.1, -0.05) is 29.8 Å². The number of halogens is 1. The van der Waals surface area contributed by atoms with E-state index in [1.807, 2.05) is 6.07 Å². The van der Waals surface area contributed by atoms with Gasteiger partial charge in [-0.3, -0.25) is 9.59 Å². The number of hydrogen-bond acceptors (Lipinski definition) is 2. The molecular weight excluding hydrogens is 250 g/mol. The lowest BCUT2D eigenvalue weighted by molar-refractivity contribution is -0.106. The molecule has 0 saturated carbocycles. The van der Waals surface area contributed by atoms with Crippen LogP contribution in [0.4, 0.5) is 5.69 Å². The van der Waals surface area contributed by atoms with Gasteiger partial charge in [-0.25, -0.2) is 4.90 Å². The van der Waals surface area contributed by atoms with Crippen LogP contribution >= 0.6 is 11.6 Å². The van der Waals surface area contributed by atoms with Crippen molar-refractivity contribution in [3.8, 4) is 0 Å². The Kier molecular flexibility index (Phi) is 3.75. The SMILES string of the molecule is O=CN(C(=O)c1ccc(Cl)cc1)c1ccccc1. The second-order valence-corrected chi connectivity index (χ2v) is 4.06. The van der Waals surface area contributed by atoms with E-state index >= 15 is 0 Å². The van der Waals surface area contributed by atoms with E-state index in [0.717, 1.165) is 4.90 Å². The molecule has 0 radical (unpaired) electrons. The number of imide groups is 1. The second-order valence-electron chi connectivity index (χ2n) is 3.62. The fourth-order valence-corrected chi connectivity index (χ4v) is 1.67. The van der Waals surface area contributed by atoms with Crippen LogP contribution < -0.4 is 4.90 Å². The van der Waals surface area contributed by atoms with E-state index in [-0.39, 0.29) is 5.91 Å². The smallest absolute Gasteiger partial charge is 0.264 e. The minimum absolute atomic E-state index is 0.382. The first-order valence-corrected chi connectivity index (χ1v) is 5.69. The summed E-state index contributed by atoms with van der Waals surface area (Å²) in [6.07, 6.45) is 0.506. The Bertz CT molecular complexity index is 552. The van der Waals surface area contributed by atoms with Crippen LogP contribution in [0, 0.1) is 0 Å². The van der Waals surface area contributed by atoms with E-state index in [1.165, 1.54) is 0 Å². The molecule has 0 aliphatic rings. The Balaban J connectivity index is 2.31. The Morgan fingerprint density at radius 3 is 2.17 bits per heavy atom. The molecule has 0 aromatic heterocycles. The highest BCUT2D eigenvalue weighted by molar-refractivity contribution is 6.30. The van der Waals surface area contributed by atoms with Gasteiger partial charge in [0.05, 0.1) is 5.69 Å². The van der Waals surface area contributed by atoms with Crippen LogP contribution in [0.2, 0.25) is 5.02 Å². The number of nitrogens with zero attached hydrogens (tertiary/aromatic N) is 1. The lowest BCUT2D eigenvalue weighted by Gasteiger charge is -2.15. The number of carbonyl (C=O) groups is 2. The normalized spacial score (nSPS) is 9.83. The van der Waals surface area contributed by atoms with E-state index in [9.17, 15) is 9.59 Å². The summed E-state index contributed by atoms with van der Waals surface area (Å²) in [6, 6.07) is 15.1. The van der Waals surface area contributed by atoms with Crippen molar-refractivity contribution in [3.63, 3.8) is 0 Å². The van der Waals surface area contributed by atoms with Crippen LogP contribution in [0.5, 0.6) is 0 Å². The second kappa shape index (κ2) is 5.47. The van der Waals surface area contributed by atoms with E-state index < -0.39 is 0 Å². The minimum atomic E-state index is -0.382. The first-order valence-electron chi connectivity index (χ1n) is 5.32. The van der Waals surface area contributed by atoms with Gasteiger partial charge in [0.1, 0.15) is 0 Å². The number of anilines is 1. The number of benzene rings is 2. The first-order chi connectivity index (χ1) is 8.72. The minimum Gasteiger partial charge on any atom is -0.278 e. The summed E-state index contributed by atoms with van der Waals surface area (Å²) in [7, 11) is 0. The summed E-state index contributed by atoms with van der Waals surface area (Å²) < 4.78 is 0. The molecule has 2 aromatic carbocycles. The summed E-state index contributed by atoms with van der Waals surface area (Å²) >= 11 is 5.75. The molecule has 0 fully saturated rings. The Morgan fingerprint density at radius 2 is 1.61 bits per heavy atom. The molecule has 2 rings (SSSR count). The fraction of sp³-hybridized carbons (Fsp3) is 0. The molecule has 0 bridgehead atoms. The van der Waals surface area contributed by atoms with Crippen LogP contribution in [-0.4, -0.2) is 12.3 Å². The van der Waals surface area contributed by atoms with Crippen LogP contribution in [-0.2, 0) is 4.79 Å². The molecule has 18 heavy (non-hydrogen) atoms. The molecule has 0 unspecified atom stereocenters. The van der Waals surface area contributed by atoms with Crippen LogP contribution in [0.25, 0.3) is 0 Å². The largest absolute Gasteiger partial charge is 0.278 e. The highest BCUT2D eigenvalue weighted by Gasteiger charge is 2.16. The molecule has 0 heterocycles. The summed E-state index contributed by atoms with van der Waals surface area (Å²) in [6.45, 7) is 0. The zero-order valence-electron chi connectivity index (χ0n) is 9.42. The van der Waals surface area contributed by atoms with Crippen molar-refractivity contribution >= 4 is 29.6 Å². The number of rotatable bonds is 3. The zero-order chi connectivity index (χ0) is 13.0. The van der Waals surface area contributed by atoms with Gasteiger partial charge in [-0.05, 0) is 36.4 Å². The third kappa shape index (κ3) is 2.57. The summed E-state index contributed by atoms with van der Waals surface area (Å²) in [5.41, 5.74) is 0.947. The maximum absolute atomic E-state index is 12.1.